The van der Waals surface area contributed by atoms with Crippen LogP contribution < -0.4 is 29.4 Å². The van der Waals surface area contributed by atoms with Gasteiger partial charge in [-0.15, -0.1) is 0 Å². The predicted octanol–water partition coefficient (Wildman–Crippen LogP) is 6.10. The fraction of sp³-hybridized carbons (Fsp3) is 0.290. The highest BCUT2D eigenvalue weighted by Gasteiger charge is 2.32. The van der Waals surface area contributed by atoms with Gasteiger partial charge in [0.25, 0.3) is 0 Å². The second kappa shape index (κ2) is 12.7. The van der Waals surface area contributed by atoms with Crippen LogP contribution in [0.15, 0.2) is 72.1 Å². The number of ether oxygens (including phenoxy) is 5. The number of esters is 1. The number of hydrogen-bond donors (Lipinski definition) is 1. The molecule has 0 saturated carbocycles. The molecule has 202 valence electrons. The zero-order valence-corrected chi connectivity index (χ0v) is 22.4. The van der Waals surface area contributed by atoms with Gasteiger partial charge in [-0.25, -0.2) is 4.79 Å². The molecule has 39 heavy (non-hydrogen) atoms. The Bertz CT molecular complexity index is 1410. The molecule has 0 radical (unpaired) electrons. The van der Waals surface area contributed by atoms with E-state index in [1.54, 1.807) is 49.6 Å². The SMILES string of the molecule is CCCCCOc1ccc(C2C(C#N)=C(N)Oc3cc(OC(=O)c4ccccc4OCC)ccc32)cc1OC. The first kappa shape index (κ1) is 27.4. The van der Waals surface area contributed by atoms with Crippen LogP contribution in [0.25, 0.3) is 0 Å². The van der Waals surface area contributed by atoms with E-state index in [9.17, 15) is 10.1 Å². The number of nitrogens with two attached hydrogens (primary N) is 1. The number of rotatable bonds is 11. The summed E-state index contributed by atoms with van der Waals surface area (Å²) in [4.78, 5) is 12.9. The molecule has 4 rings (SSSR count). The Labute approximate surface area is 228 Å². The molecule has 0 spiro atoms. The maximum Gasteiger partial charge on any atom is 0.347 e. The Morgan fingerprint density at radius 1 is 1.00 bits per heavy atom. The number of nitrogens with zero attached hydrogens (tertiary/aromatic N) is 1. The zero-order chi connectivity index (χ0) is 27.8. The van der Waals surface area contributed by atoms with Crippen LogP contribution in [-0.4, -0.2) is 26.3 Å². The van der Waals surface area contributed by atoms with Crippen LogP contribution in [0.4, 0.5) is 0 Å². The van der Waals surface area contributed by atoms with Crippen LogP contribution in [0.5, 0.6) is 28.7 Å². The molecular formula is C31H32N2O6. The maximum atomic E-state index is 12.9. The van der Waals surface area contributed by atoms with E-state index < -0.39 is 11.9 Å². The van der Waals surface area contributed by atoms with Gasteiger partial charge in [0.05, 0.1) is 26.2 Å². The van der Waals surface area contributed by atoms with Gasteiger partial charge in [-0.2, -0.15) is 5.26 Å². The molecule has 0 amide bonds. The summed E-state index contributed by atoms with van der Waals surface area (Å²) in [5.41, 5.74) is 8.25. The van der Waals surface area contributed by atoms with Gasteiger partial charge in [-0.3, -0.25) is 0 Å². The second-order valence-corrected chi connectivity index (χ2v) is 8.91. The molecule has 1 atom stereocenters. The second-order valence-electron chi connectivity index (χ2n) is 8.91. The lowest BCUT2D eigenvalue weighted by atomic mass is 9.83. The van der Waals surface area contributed by atoms with Gasteiger partial charge >= 0.3 is 5.97 Å². The van der Waals surface area contributed by atoms with Gasteiger partial charge < -0.3 is 29.4 Å². The third-order valence-electron chi connectivity index (χ3n) is 6.33. The van der Waals surface area contributed by atoms with Crippen LogP contribution in [0.1, 0.15) is 60.5 Å². The number of nitriles is 1. The van der Waals surface area contributed by atoms with Crippen molar-refractivity contribution in [2.75, 3.05) is 20.3 Å². The summed E-state index contributed by atoms with van der Waals surface area (Å²) in [6.07, 6.45) is 3.15. The van der Waals surface area contributed by atoms with Gasteiger partial charge in [0.1, 0.15) is 34.5 Å². The monoisotopic (exact) mass is 528 g/mol. The molecule has 0 saturated heterocycles. The van der Waals surface area contributed by atoms with E-state index in [0.717, 1.165) is 24.8 Å². The Kier molecular flexibility index (Phi) is 8.95. The molecule has 1 aliphatic heterocycles. The molecule has 0 fully saturated rings. The van der Waals surface area contributed by atoms with Gasteiger partial charge in [-0.1, -0.05) is 44.0 Å². The number of fused-ring (bicyclic) bond motifs is 1. The number of hydrogen-bond acceptors (Lipinski definition) is 8. The Morgan fingerprint density at radius 3 is 2.56 bits per heavy atom. The molecular weight excluding hydrogens is 496 g/mol. The fourth-order valence-corrected chi connectivity index (χ4v) is 4.44. The molecule has 2 N–H and O–H groups in total. The number of unbranched alkanes of at least 4 members (excludes halogenated alkanes) is 2. The lowest BCUT2D eigenvalue weighted by Crippen LogP contribution is -2.21. The van der Waals surface area contributed by atoms with Crippen LogP contribution >= 0.6 is 0 Å². The molecule has 3 aromatic rings. The Hall–Kier alpha value is -4.64. The molecule has 1 aliphatic rings. The van der Waals surface area contributed by atoms with Crippen LogP contribution in [0.2, 0.25) is 0 Å². The van der Waals surface area contributed by atoms with Crippen molar-refractivity contribution in [2.45, 2.75) is 39.0 Å². The number of allylic oxidation sites excluding steroid dienone is 1. The highest BCUT2D eigenvalue weighted by molar-refractivity contribution is 5.94. The summed E-state index contributed by atoms with van der Waals surface area (Å²) in [7, 11) is 1.58. The number of methoxy groups -OCH3 is 1. The predicted molar refractivity (Wildman–Crippen MR) is 146 cm³/mol. The Morgan fingerprint density at radius 2 is 1.82 bits per heavy atom. The standard InChI is InChI=1S/C31H32N2O6/c1-4-6-9-16-37-26-15-12-20(17-28(26)35-3)29-22-14-13-21(18-27(22)39-30(33)24(29)19-32)38-31(34)23-10-7-8-11-25(23)36-5-2/h7-8,10-15,17-18,29H,4-6,9,16,33H2,1-3H3. The summed E-state index contributed by atoms with van der Waals surface area (Å²) in [6, 6.07) is 19.7. The maximum absolute atomic E-state index is 12.9. The van der Waals surface area contributed by atoms with E-state index >= 15 is 0 Å². The topological polar surface area (TPSA) is 113 Å². The molecule has 8 heteroatoms. The lowest BCUT2D eigenvalue weighted by molar-refractivity contribution is 0.0730. The highest BCUT2D eigenvalue weighted by atomic mass is 16.5. The van der Waals surface area contributed by atoms with Gasteiger partial charge in [0.15, 0.2) is 11.5 Å². The Balaban J connectivity index is 1.63. The van der Waals surface area contributed by atoms with E-state index in [2.05, 4.69) is 13.0 Å². The van der Waals surface area contributed by atoms with Crippen LogP contribution in [0, 0.1) is 11.3 Å². The highest BCUT2D eigenvalue weighted by Crippen LogP contribution is 2.45. The van der Waals surface area contributed by atoms with E-state index in [1.807, 2.05) is 25.1 Å². The summed E-state index contributed by atoms with van der Waals surface area (Å²) in [6.45, 7) is 5.00. The third-order valence-corrected chi connectivity index (χ3v) is 6.33. The quantitative estimate of drug-likeness (QED) is 0.180. The van der Waals surface area contributed by atoms with Crippen molar-refractivity contribution in [2.24, 2.45) is 5.73 Å². The summed E-state index contributed by atoms with van der Waals surface area (Å²) < 4.78 is 28.5. The molecule has 0 aliphatic carbocycles. The first-order valence-corrected chi connectivity index (χ1v) is 13.0. The molecule has 0 aromatic heterocycles. The lowest BCUT2D eigenvalue weighted by Gasteiger charge is -2.27. The normalized spacial score (nSPS) is 14.1. The van der Waals surface area contributed by atoms with Crippen molar-refractivity contribution >= 4 is 5.97 Å². The zero-order valence-electron chi connectivity index (χ0n) is 22.4. The van der Waals surface area contributed by atoms with Crippen molar-refractivity contribution in [3.63, 3.8) is 0 Å². The summed E-state index contributed by atoms with van der Waals surface area (Å²) in [5, 5.41) is 9.93. The fourth-order valence-electron chi connectivity index (χ4n) is 4.44. The first-order valence-electron chi connectivity index (χ1n) is 13.0. The smallest absolute Gasteiger partial charge is 0.347 e. The van der Waals surface area contributed by atoms with Crippen molar-refractivity contribution in [1.82, 2.24) is 0 Å². The summed E-state index contributed by atoms with van der Waals surface area (Å²) in [5.74, 6) is 1.21. The van der Waals surface area contributed by atoms with Crippen molar-refractivity contribution in [3.8, 4) is 34.8 Å². The average molecular weight is 529 g/mol. The number of carbonyl (C=O) groups is 1. The number of para-hydroxylation sites is 1. The minimum absolute atomic E-state index is 0.0148. The molecule has 0 bridgehead atoms. The van der Waals surface area contributed by atoms with Gasteiger partial charge in [0, 0.05) is 11.6 Å². The molecule has 1 heterocycles. The number of carbonyl (C=O) groups excluding carboxylic acids is 1. The minimum atomic E-state index is -0.563. The van der Waals surface area contributed by atoms with Crippen molar-refractivity contribution in [1.29, 1.82) is 5.26 Å². The largest absolute Gasteiger partial charge is 0.493 e. The van der Waals surface area contributed by atoms with Crippen molar-refractivity contribution < 1.29 is 28.5 Å². The minimum Gasteiger partial charge on any atom is -0.493 e. The van der Waals surface area contributed by atoms with E-state index in [1.165, 1.54) is 0 Å². The molecule has 3 aromatic carbocycles. The van der Waals surface area contributed by atoms with Crippen molar-refractivity contribution in [3.05, 3.63) is 88.8 Å². The average Bonchev–Trinajstić information content (AvgIpc) is 2.95. The van der Waals surface area contributed by atoms with E-state index in [4.69, 9.17) is 29.4 Å². The summed E-state index contributed by atoms with van der Waals surface area (Å²) >= 11 is 0. The molecule has 8 nitrogen and oxygen atoms in total. The molecule has 1 unspecified atom stereocenters. The van der Waals surface area contributed by atoms with Gasteiger partial charge in [0.2, 0.25) is 5.88 Å². The van der Waals surface area contributed by atoms with Gasteiger partial charge in [-0.05, 0) is 49.2 Å². The number of benzene rings is 3. The third kappa shape index (κ3) is 6.10. The first-order chi connectivity index (χ1) is 19.0. The van der Waals surface area contributed by atoms with E-state index in [-0.39, 0.29) is 17.2 Å². The van der Waals surface area contributed by atoms with Crippen LogP contribution in [0.3, 0.4) is 0 Å². The van der Waals surface area contributed by atoms with E-state index in [0.29, 0.717) is 47.3 Å². The van der Waals surface area contributed by atoms with Crippen LogP contribution in [-0.2, 0) is 0 Å².